The highest BCUT2D eigenvalue weighted by Crippen LogP contribution is 2.46. The highest BCUT2D eigenvalue weighted by Gasteiger charge is 2.46. The summed E-state index contributed by atoms with van der Waals surface area (Å²) in [6.45, 7) is 0. The molecule has 1 amide bonds. The first kappa shape index (κ1) is 20.1. The summed E-state index contributed by atoms with van der Waals surface area (Å²) in [6.07, 6.45) is 1.60. The summed E-state index contributed by atoms with van der Waals surface area (Å²) < 4.78 is 22.3. The van der Waals surface area contributed by atoms with Crippen molar-refractivity contribution in [2.45, 2.75) is 6.04 Å². The zero-order chi connectivity index (χ0) is 22.4. The molecule has 1 aliphatic heterocycles. The lowest BCUT2D eigenvalue weighted by Gasteiger charge is -2.24. The van der Waals surface area contributed by atoms with E-state index in [1.54, 1.807) is 48.0 Å². The number of fused-ring (bicyclic) bond motifs is 2. The Hall–Kier alpha value is -3.85. The summed E-state index contributed by atoms with van der Waals surface area (Å²) in [5, 5.41) is 2.56. The summed E-state index contributed by atoms with van der Waals surface area (Å²) in [5.41, 5.74) is 0.800. The molecule has 0 spiro atoms. The van der Waals surface area contributed by atoms with Gasteiger partial charge in [-0.3, -0.25) is 14.5 Å². The minimum atomic E-state index is -0.795. The summed E-state index contributed by atoms with van der Waals surface area (Å²) >= 11 is 1.29. The predicted octanol–water partition coefficient (Wildman–Crippen LogP) is 4.03. The molecule has 0 aliphatic carbocycles. The summed E-state index contributed by atoms with van der Waals surface area (Å²) in [4.78, 5) is 33.0. The molecule has 3 heterocycles. The van der Waals surface area contributed by atoms with Gasteiger partial charge in [0.2, 0.25) is 5.76 Å². The normalized spacial score (nSPS) is 15.2. The summed E-state index contributed by atoms with van der Waals surface area (Å²) in [7, 11) is 4.57. The van der Waals surface area contributed by atoms with Gasteiger partial charge in [0, 0.05) is 23.2 Å². The summed E-state index contributed by atoms with van der Waals surface area (Å²) in [5.74, 6) is 0.956. The maximum atomic E-state index is 13.6. The molecule has 1 atom stereocenters. The third kappa shape index (κ3) is 2.85. The van der Waals surface area contributed by atoms with E-state index < -0.39 is 11.9 Å². The van der Waals surface area contributed by atoms with Gasteiger partial charge in [-0.05, 0) is 18.2 Å². The van der Waals surface area contributed by atoms with Crippen LogP contribution in [0.5, 0.6) is 17.2 Å². The van der Waals surface area contributed by atoms with E-state index in [0.717, 1.165) is 0 Å². The number of aromatic nitrogens is 1. The lowest BCUT2D eigenvalue weighted by molar-refractivity contribution is 0.0970. The standard InChI is InChI=1S/C23H18N2O6S/c1-28-12-7-8-13-16(11-12)31-21-17(19(13)26)18(25(22(21)27)23-24-9-10-32-23)14-5-4-6-15(29-2)20(14)30-3/h4-11,18H,1-3H3. The van der Waals surface area contributed by atoms with Gasteiger partial charge in [0.15, 0.2) is 22.1 Å². The molecule has 162 valence electrons. The number of hydrogen-bond donors (Lipinski definition) is 0. The first-order valence-corrected chi connectivity index (χ1v) is 10.6. The summed E-state index contributed by atoms with van der Waals surface area (Å²) in [6, 6.07) is 9.45. The molecule has 0 radical (unpaired) electrons. The number of para-hydroxylation sites is 1. The molecule has 1 aliphatic rings. The number of anilines is 1. The zero-order valence-electron chi connectivity index (χ0n) is 17.4. The van der Waals surface area contributed by atoms with Gasteiger partial charge in [-0.25, -0.2) is 4.98 Å². The molecule has 9 heteroatoms. The fourth-order valence-electron chi connectivity index (χ4n) is 4.03. The third-order valence-electron chi connectivity index (χ3n) is 5.43. The highest BCUT2D eigenvalue weighted by molar-refractivity contribution is 7.13. The molecular weight excluding hydrogens is 432 g/mol. The van der Waals surface area contributed by atoms with Crippen LogP contribution in [-0.4, -0.2) is 32.2 Å². The second-order valence-corrected chi connectivity index (χ2v) is 7.88. The van der Waals surface area contributed by atoms with Crippen LogP contribution in [0, 0.1) is 0 Å². The Morgan fingerprint density at radius 1 is 1.06 bits per heavy atom. The second kappa shape index (κ2) is 7.69. The molecule has 2 aromatic heterocycles. The van der Waals surface area contributed by atoms with E-state index >= 15 is 0 Å². The van der Waals surface area contributed by atoms with Crippen molar-refractivity contribution in [1.29, 1.82) is 0 Å². The SMILES string of the molecule is COc1ccc2c(=O)c3c(oc2c1)C(=O)N(c1nccs1)C3c1cccc(OC)c1OC. The minimum Gasteiger partial charge on any atom is -0.497 e. The fraction of sp³-hybridized carbons (Fsp3) is 0.174. The van der Waals surface area contributed by atoms with Crippen molar-refractivity contribution < 1.29 is 23.4 Å². The van der Waals surface area contributed by atoms with Crippen LogP contribution >= 0.6 is 11.3 Å². The minimum absolute atomic E-state index is 0.0270. The number of hydrogen-bond acceptors (Lipinski definition) is 8. The van der Waals surface area contributed by atoms with E-state index in [2.05, 4.69) is 4.98 Å². The lowest BCUT2D eigenvalue weighted by Crippen LogP contribution is -2.29. The Labute approximate surface area is 186 Å². The quantitative estimate of drug-likeness (QED) is 0.453. The van der Waals surface area contributed by atoms with Gasteiger partial charge in [0.25, 0.3) is 5.91 Å². The van der Waals surface area contributed by atoms with Crippen LogP contribution in [-0.2, 0) is 0 Å². The van der Waals surface area contributed by atoms with Crippen LogP contribution < -0.4 is 24.5 Å². The van der Waals surface area contributed by atoms with E-state index in [9.17, 15) is 9.59 Å². The van der Waals surface area contributed by atoms with Gasteiger partial charge >= 0.3 is 0 Å². The van der Waals surface area contributed by atoms with Gasteiger partial charge in [0.05, 0.1) is 32.3 Å². The third-order valence-corrected chi connectivity index (χ3v) is 6.20. The van der Waals surface area contributed by atoms with Crippen LogP contribution in [0.3, 0.4) is 0 Å². The van der Waals surface area contributed by atoms with Crippen molar-refractivity contribution in [3.63, 3.8) is 0 Å². The topological polar surface area (TPSA) is 91.1 Å². The smallest absolute Gasteiger partial charge is 0.297 e. The average Bonchev–Trinajstić information content (AvgIpc) is 3.44. The van der Waals surface area contributed by atoms with E-state index in [1.165, 1.54) is 37.6 Å². The Balaban J connectivity index is 1.84. The predicted molar refractivity (Wildman–Crippen MR) is 119 cm³/mol. The van der Waals surface area contributed by atoms with Gasteiger partial charge in [-0.15, -0.1) is 11.3 Å². The second-order valence-electron chi connectivity index (χ2n) is 7.01. The molecule has 1 unspecified atom stereocenters. The molecule has 0 fully saturated rings. The van der Waals surface area contributed by atoms with Crippen molar-refractivity contribution in [3.05, 3.63) is 75.1 Å². The van der Waals surface area contributed by atoms with Crippen molar-refractivity contribution >= 4 is 33.3 Å². The molecule has 8 nitrogen and oxygen atoms in total. The number of carbonyl (C=O) groups excluding carboxylic acids is 1. The van der Waals surface area contributed by atoms with Crippen LogP contribution in [0.15, 0.2) is 57.2 Å². The zero-order valence-corrected chi connectivity index (χ0v) is 18.3. The van der Waals surface area contributed by atoms with Gasteiger partial charge in [0.1, 0.15) is 17.4 Å². The van der Waals surface area contributed by atoms with E-state index in [4.69, 9.17) is 18.6 Å². The van der Waals surface area contributed by atoms with Crippen LogP contribution in [0.2, 0.25) is 0 Å². The fourth-order valence-corrected chi connectivity index (χ4v) is 4.70. The number of amides is 1. The Morgan fingerprint density at radius 3 is 2.59 bits per heavy atom. The van der Waals surface area contributed by atoms with Gasteiger partial charge in [-0.1, -0.05) is 12.1 Å². The molecule has 4 aromatic rings. The monoisotopic (exact) mass is 450 g/mol. The molecule has 5 rings (SSSR count). The number of benzene rings is 2. The van der Waals surface area contributed by atoms with Crippen LogP contribution in [0.4, 0.5) is 5.13 Å². The Bertz CT molecular complexity index is 1400. The Morgan fingerprint density at radius 2 is 1.91 bits per heavy atom. The number of methoxy groups -OCH3 is 3. The van der Waals surface area contributed by atoms with Crippen molar-refractivity contribution in [2.24, 2.45) is 0 Å². The number of rotatable bonds is 5. The molecule has 32 heavy (non-hydrogen) atoms. The molecule has 0 saturated heterocycles. The number of ether oxygens (including phenoxy) is 3. The molecule has 0 bridgehead atoms. The number of carbonyl (C=O) groups is 1. The highest BCUT2D eigenvalue weighted by atomic mass is 32.1. The van der Waals surface area contributed by atoms with Gasteiger partial charge < -0.3 is 18.6 Å². The van der Waals surface area contributed by atoms with Crippen LogP contribution in [0.1, 0.15) is 27.7 Å². The number of thiazole rings is 1. The van der Waals surface area contributed by atoms with E-state index in [-0.39, 0.29) is 22.3 Å². The van der Waals surface area contributed by atoms with E-state index in [0.29, 0.717) is 33.3 Å². The first-order chi connectivity index (χ1) is 15.6. The average molecular weight is 450 g/mol. The van der Waals surface area contributed by atoms with Gasteiger partial charge in [-0.2, -0.15) is 0 Å². The van der Waals surface area contributed by atoms with Crippen molar-refractivity contribution in [2.75, 3.05) is 26.2 Å². The first-order valence-electron chi connectivity index (χ1n) is 9.67. The maximum Gasteiger partial charge on any atom is 0.297 e. The van der Waals surface area contributed by atoms with Crippen molar-refractivity contribution in [3.8, 4) is 17.2 Å². The van der Waals surface area contributed by atoms with Crippen molar-refractivity contribution in [1.82, 2.24) is 4.98 Å². The molecule has 2 aromatic carbocycles. The molecule has 0 N–H and O–H groups in total. The largest absolute Gasteiger partial charge is 0.497 e. The Kier molecular flexibility index (Phi) is 4.82. The lowest BCUT2D eigenvalue weighted by atomic mass is 9.97. The maximum absolute atomic E-state index is 13.6. The molecular formula is C23H18N2O6S. The molecule has 0 saturated carbocycles. The number of nitrogens with zero attached hydrogens (tertiary/aromatic N) is 2. The van der Waals surface area contributed by atoms with Crippen LogP contribution in [0.25, 0.3) is 11.0 Å². The van der Waals surface area contributed by atoms with E-state index in [1.807, 2.05) is 0 Å².